The number of Topliss-reactive ketones (excluding diaryl/α,β-unsaturated/α-hetero) is 1. The number of carboxylic acid groups (broad SMARTS) is 1. The molecular formula is C42H63N11O8. The molecule has 15 N–H and O–H groups in total. The summed E-state index contributed by atoms with van der Waals surface area (Å²) in [5.41, 5.74) is 29.2. The summed E-state index contributed by atoms with van der Waals surface area (Å²) in [6.07, 6.45) is 2.01. The molecule has 1 heterocycles. The average Bonchev–Trinajstić information content (AvgIpc) is 3.72. The van der Waals surface area contributed by atoms with Crippen LogP contribution in [0.25, 0.3) is 0 Å². The van der Waals surface area contributed by atoms with Gasteiger partial charge in [-0.1, -0.05) is 62.7 Å². The van der Waals surface area contributed by atoms with Gasteiger partial charge in [0.25, 0.3) is 0 Å². The van der Waals surface area contributed by atoms with E-state index in [4.69, 9.17) is 28.7 Å². The molecule has 7 atom stereocenters. The van der Waals surface area contributed by atoms with Gasteiger partial charge in [-0.05, 0) is 74.1 Å². The maximum absolute atomic E-state index is 14.2. The second-order valence-corrected chi connectivity index (χ2v) is 15.5. The van der Waals surface area contributed by atoms with Crippen LogP contribution in [-0.4, -0.2) is 112 Å². The Bertz CT molecular complexity index is 1840. The first-order valence-electron chi connectivity index (χ1n) is 20.7. The lowest BCUT2D eigenvalue weighted by Gasteiger charge is -2.31. The van der Waals surface area contributed by atoms with E-state index in [1.54, 1.807) is 43.3 Å². The van der Waals surface area contributed by atoms with Crippen molar-refractivity contribution < 1.29 is 39.0 Å². The number of hydrogen-bond donors (Lipinski definition) is 10. The second-order valence-electron chi connectivity index (χ2n) is 15.5. The molecule has 1 aliphatic rings. The molecule has 0 spiro atoms. The van der Waals surface area contributed by atoms with Crippen LogP contribution in [0.2, 0.25) is 0 Å². The molecule has 1 fully saturated rings. The summed E-state index contributed by atoms with van der Waals surface area (Å²) in [6.45, 7) is 4.24. The zero-order valence-electron chi connectivity index (χ0n) is 35.0. The van der Waals surface area contributed by atoms with E-state index in [-0.39, 0.29) is 81.7 Å². The summed E-state index contributed by atoms with van der Waals surface area (Å²) >= 11 is 0. The third-order valence-electron chi connectivity index (χ3n) is 10.7. The Labute approximate surface area is 356 Å². The van der Waals surface area contributed by atoms with Crippen LogP contribution in [-0.2, 0) is 41.6 Å². The van der Waals surface area contributed by atoms with Crippen molar-refractivity contribution in [3.8, 4) is 5.75 Å². The van der Waals surface area contributed by atoms with Crippen LogP contribution in [0, 0.1) is 11.8 Å². The van der Waals surface area contributed by atoms with Gasteiger partial charge in [0.1, 0.15) is 23.9 Å². The molecule has 1 aliphatic heterocycles. The Balaban J connectivity index is 1.84. The number of nitrogens with two attached hydrogens (primary N) is 5. The first-order chi connectivity index (χ1) is 29.0. The van der Waals surface area contributed by atoms with Crippen molar-refractivity contribution in [2.24, 2.45) is 50.5 Å². The lowest BCUT2D eigenvalue weighted by atomic mass is 9.87. The van der Waals surface area contributed by atoms with Crippen LogP contribution in [0.1, 0.15) is 76.3 Å². The zero-order chi connectivity index (χ0) is 45.1. The number of likely N-dealkylation sites (tertiary alicyclic amines) is 1. The average molecular weight is 850 g/mol. The monoisotopic (exact) mass is 849 g/mol. The number of aliphatic carboxylic acids is 1. The number of benzene rings is 2. The summed E-state index contributed by atoms with van der Waals surface area (Å²) in [7, 11) is 0. The molecule has 334 valence electrons. The number of nitrogens with zero attached hydrogens (tertiary/aromatic N) is 3. The smallest absolute Gasteiger partial charge is 0.307 e. The molecule has 0 unspecified atom stereocenters. The molecule has 61 heavy (non-hydrogen) atoms. The van der Waals surface area contributed by atoms with E-state index in [0.29, 0.717) is 31.2 Å². The quantitative estimate of drug-likeness (QED) is 0.0351. The van der Waals surface area contributed by atoms with Gasteiger partial charge < -0.3 is 59.7 Å². The Morgan fingerprint density at radius 3 is 2.00 bits per heavy atom. The number of ketones is 1. The number of nitrogens with one attached hydrogen (secondary N) is 3. The third-order valence-corrected chi connectivity index (χ3v) is 10.7. The summed E-state index contributed by atoms with van der Waals surface area (Å²) in [5.74, 6) is -5.71. The SMILES string of the molecule is CC[C@H](C)[C@H](NC(=O)[C@H](Cc1ccc(O)cc1)NC(=O)[C@@H]1CCCN1C(=O)[C@H](CCCN=C(N)N)NC(=O)[C@@H](N)CCCN=C(N)N)C(=O)C[C@@H](Cc1ccccc1)C(=O)O. The normalized spacial score (nSPS) is 16.4. The minimum atomic E-state index is -1.25. The number of carbonyl (C=O) groups excluding carboxylic acids is 5. The fourth-order valence-corrected chi connectivity index (χ4v) is 7.08. The van der Waals surface area contributed by atoms with Crippen LogP contribution in [0.15, 0.2) is 64.6 Å². The molecule has 1 saturated heterocycles. The van der Waals surface area contributed by atoms with Crippen molar-refractivity contribution in [1.82, 2.24) is 20.9 Å². The second kappa shape index (κ2) is 24.7. The summed E-state index contributed by atoms with van der Waals surface area (Å²) in [4.78, 5) is 91.1. The highest BCUT2D eigenvalue weighted by Gasteiger charge is 2.40. The number of aromatic hydroxyl groups is 1. The van der Waals surface area contributed by atoms with Gasteiger partial charge >= 0.3 is 5.97 Å². The minimum Gasteiger partial charge on any atom is -0.508 e. The van der Waals surface area contributed by atoms with E-state index in [2.05, 4.69) is 25.9 Å². The Kier molecular flexibility index (Phi) is 19.9. The zero-order valence-corrected chi connectivity index (χ0v) is 35.0. The largest absolute Gasteiger partial charge is 0.508 e. The minimum absolute atomic E-state index is 0.00772. The van der Waals surface area contributed by atoms with Gasteiger partial charge in [0.2, 0.25) is 23.6 Å². The number of aliphatic imine (C=N–C) groups is 2. The summed E-state index contributed by atoms with van der Waals surface area (Å²) in [6, 6.07) is 9.59. The molecule has 4 amide bonds. The predicted octanol–water partition coefficient (Wildman–Crippen LogP) is -0.237. The van der Waals surface area contributed by atoms with E-state index in [0.717, 1.165) is 5.56 Å². The number of guanidine groups is 2. The molecule has 2 aromatic carbocycles. The molecule has 2 aromatic rings. The fraction of sp³-hybridized carbons (Fsp3) is 0.524. The van der Waals surface area contributed by atoms with E-state index in [1.165, 1.54) is 17.0 Å². The van der Waals surface area contributed by atoms with E-state index in [9.17, 15) is 39.0 Å². The van der Waals surface area contributed by atoms with Crippen molar-refractivity contribution in [1.29, 1.82) is 0 Å². The predicted molar refractivity (Wildman–Crippen MR) is 230 cm³/mol. The maximum atomic E-state index is 14.2. The summed E-state index contributed by atoms with van der Waals surface area (Å²) < 4.78 is 0. The lowest BCUT2D eigenvalue weighted by molar-refractivity contribution is -0.144. The van der Waals surface area contributed by atoms with Crippen LogP contribution in [0.3, 0.4) is 0 Å². The van der Waals surface area contributed by atoms with Gasteiger partial charge in [-0.3, -0.25) is 38.8 Å². The number of phenolic OH excluding ortho intramolecular Hbond substituents is 1. The van der Waals surface area contributed by atoms with Crippen molar-refractivity contribution in [3.63, 3.8) is 0 Å². The van der Waals surface area contributed by atoms with Gasteiger partial charge in [-0.2, -0.15) is 0 Å². The molecular weight excluding hydrogens is 787 g/mol. The van der Waals surface area contributed by atoms with Crippen LogP contribution in [0.5, 0.6) is 5.75 Å². The van der Waals surface area contributed by atoms with E-state index >= 15 is 0 Å². The topological polar surface area (TPSA) is 337 Å². The van der Waals surface area contributed by atoms with Crippen LogP contribution >= 0.6 is 0 Å². The maximum Gasteiger partial charge on any atom is 0.307 e. The molecule has 3 rings (SSSR count). The van der Waals surface area contributed by atoms with Crippen molar-refractivity contribution >= 4 is 47.3 Å². The Morgan fingerprint density at radius 1 is 0.803 bits per heavy atom. The number of rotatable bonds is 25. The van der Waals surface area contributed by atoms with Gasteiger partial charge in [0.05, 0.1) is 18.0 Å². The molecule has 0 aliphatic carbocycles. The highest BCUT2D eigenvalue weighted by atomic mass is 16.4. The van der Waals surface area contributed by atoms with Crippen LogP contribution < -0.4 is 44.6 Å². The number of carboxylic acids is 1. The van der Waals surface area contributed by atoms with Gasteiger partial charge in [-0.15, -0.1) is 0 Å². The highest BCUT2D eigenvalue weighted by molar-refractivity contribution is 5.97. The number of amides is 4. The third kappa shape index (κ3) is 16.4. The number of phenols is 1. The first kappa shape index (κ1) is 49.1. The lowest BCUT2D eigenvalue weighted by Crippen LogP contribution is -2.59. The van der Waals surface area contributed by atoms with E-state index in [1.807, 2.05) is 13.0 Å². The van der Waals surface area contributed by atoms with E-state index < -0.39 is 71.5 Å². The van der Waals surface area contributed by atoms with Crippen molar-refractivity contribution in [2.75, 3.05) is 19.6 Å². The van der Waals surface area contributed by atoms with Gasteiger partial charge in [-0.25, -0.2) is 0 Å². The number of hydrogen-bond acceptors (Lipinski definition) is 10. The fourth-order valence-electron chi connectivity index (χ4n) is 7.08. The molecule has 0 radical (unpaired) electrons. The molecule has 19 nitrogen and oxygen atoms in total. The van der Waals surface area contributed by atoms with Gasteiger partial charge in [0, 0.05) is 32.5 Å². The Morgan fingerprint density at radius 2 is 1.41 bits per heavy atom. The van der Waals surface area contributed by atoms with Crippen molar-refractivity contribution in [3.05, 3.63) is 65.7 Å². The molecule has 0 saturated carbocycles. The highest BCUT2D eigenvalue weighted by Crippen LogP contribution is 2.22. The first-order valence-corrected chi connectivity index (χ1v) is 20.7. The Hall–Kier alpha value is -6.24. The molecule has 19 heteroatoms. The number of carbonyl (C=O) groups is 6. The van der Waals surface area contributed by atoms with Crippen LogP contribution in [0.4, 0.5) is 0 Å². The van der Waals surface area contributed by atoms with Gasteiger partial charge in [0.15, 0.2) is 17.7 Å². The summed E-state index contributed by atoms with van der Waals surface area (Å²) in [5, 5.41) is 28.3. The molecule has 0 aromatic heterocycles. The molecule has 0 bridgehead atoms. The van der Waals surface area contributed by atoms with Crippen molar-refractivity contribution in [2.45, 2.75) is 108 Å². The standard InChI is InChI=1S/C42H63N11O8/c1-3-25(2)35(34(55)24-28(40(60)61)22-26-10-5-4-6-11-26)52-37(57)32(23-27-15-17-29(54)18-16-27)51-38(58)33-14-9-21-53(33)39(59)31(13-8-20-49-42(46)47)50-36(56)30(43)12-7-19-48-41(44)45/h4-6,10-11,15-18,25,28,30-33,35,54H,3,7-9,12-14,19-24,43H2,1-2H3,(H,50,56)(H,51,58)(H,52,57)(H,60,61)(H4,44,45,48)(H4,46,47,49)/t25-,28+,30-,31-,32-,33-,35-/m0/s1.